The molecule has 0 radical (unpaired) electrons. The van der Waals surface area contributed by atoms with Gasteiger partial charge in [0, 0.05) is 24.4 Å². The highest BCUT2D eigenvalue weighted by Gasteiger charge is 2.38. The molecule has 0 saturated carbocycles. The number of nitrogens with one attached hydrogen (secondary N) is 1. The second-order valence-corrected chi connectivity index (χ2v) is 8.68. The number of hydrogen-bond acceptors (Lipinski definition) is 6. The molecular weight excluding hydrogens is 338 g/mol. The molecule has 8 nitrogen and oxygen atoms in total. The second-order valence-electron chi connectivity index (χ2n) is 8.68. The highest BCUT2D eigenvalue weighted by molar-refractivity contribution is 5.96. The van der Waals surface area contributed by atoms with Crippen LogP contribution in [-0.4, -0.2) is 51.5 Å². The van der Waals surface area contributed by atoms with Crippen LogP contribution in [0.2, 0.25) is 0 Å². The molecule has 146 valence electrons. The molecule has 0 aliphatic carbocycles. The van der Waals surface area contributed by atoms with Crippen molar-refractivity contribution in [2.45, 2.75) is 77.5 Å². The van der Waals surface area contributed by atoms with E-state index in [9.17, 15) is 14.7 Å². The number of ether oxygens (including phenoxy) is 1. The SMILES string of the molecule is CC(C)(C)OC(=O)N1CCC(O)CC1C(=O)Nc1cc(C(C)(C)C)on1. The molecule has 1 saturated heterocycles. The number of rotatable bonds is 2. The lowest BCUT2D eigenvalue weighted by molar-refractivity contribution is -0.124. The fourth-order valence-corrected chi connectivity index (χ4v) is 2.63. The topological polar surface area (TPSA) is 105 Å². The first kappa shape index (κ1) is 20.2. The van der Waals surface area contributed by atoms with E-state index in [0.29, 0.717) is 12.2 Å². The Morgan fingerprint density at radius 2 is 1.96 bits per heavy atom. The third-order valence-corrected chi connectivity index (χ3v) is 4.01. The van der Waals surface area contributed by atoms with Gasteiger partial charge in [-0.05, 0) is 27.2 Å². The van der Waals surface area contributed by atoms with Crippen LogP contribution >= 0.6 is 0 Å². The van der Waals surface area contributed by atoms with Crippen molar-refractivity contribution in [1.82, 2.24) is 10.1 Å². The lowest BCUT2D eigenvalue weighted by atomic mass is 9.93. The van der Waals surface area contributed by atoms with Crippen LogP contribution in [0.15, 0.2) is 10.6 Å². The summed E-state index contributed by atoms with van der Waals surface area (Å²) in [5.41, 5.74) is -0.901. The predicted molar refractivity (Wildman–Crippen MR) is 95.8 cm³/mol. The lowest BCUT2D eigenvalue weighted by Crippen LogP contribution is -2.54. The molecule has 1 aromatic heterocycles. The van der Waals surface area contributed by atoms with E-state index in [4.69, 9.17) is 9.26 Å². The molecule has 1 aliphatic heterocycles. The van der Waals surface area contributed by atoms with E-state index < -0.39 is 29.7 Å². The Balaban J connectivity index is 2.12. The number of likely N-dealkylation sites (tertiary alicyclic amines) is 1. The Bertz CT molecular complexity index is 657. The Labute approximate surface area is 153 Å². The van der Waals surface area contributed by atoms with Crippen molar-refractivity contribution in [3.05, 3.63) is 11.8 Å². The van der Waals surface area contributed by atoms with E-state index >= 15 is 0 Å². The fraction of sp³-hybridized carbons (Fsp3) is 0.722. The molecule has 2 N–H and O–H groups in total. The fourth-order valence-electron chi connectivity index (χ4n) is 2.63. The summed E-state index contributed by atoms with van der Waals surface area (Å²) in [6.45, 7) is 11.5. The minimum absolute atomic E-state index is 0.148. The van der Waals surface area contributed by atoms with Gasteiger partial charge in [-0.2, -0.15) is 0 Å². The standard InChI is InChI=1S/C18H29N3O5/c1-17(2,3)13-10-14(20-26-13)19-15(23)12-9-11(22)7-8-21(12)16(24)25-18(4,5)6/h10-12,22H,7-9H2,1-6H3,(H,19,20,23). The summed E-state index contributed by atoms with van der Waals surface area (Å²) >= 11 is 0. The molecule has 1 aliphatic rings. The minimum atomic E-state index is -0.830. The van der Waals surface area contributed by atoms with Crippen LogP contribution in [0.3, 0.4) is 0 Å². The van der Waals surface area contributed by atoms with Crippen LogP contribution in [0.1, 0.15) is 60.1 Å². The largest absolute Gasteiger partial charge is 0.444 e. The van der Waals surface area contributed by atoms with Crippen LogP contribution in [0.25, 0.3) is 0 Å². The van der Waals surface area contributed by atoms with Crippen LogP contribution < -0.4 is 5.32 Å². The van der Waals surface area contributed by atoms with Gasteiger partial charge in [-0.1, -0.05) is 25.9 Å². The van der Waals surface area contributed by atoms with Crippen LogP contribution in [0.5, 0.6) is 0 Å². The van der Waals surface area contributed by atoms with Gasteiger partial charge in [0.2, 0.25) is 5.91 Å². The lowest BCUT2D eigenvalue weighted by Gasteiger charge is -2.37. The number of aliphatic hydroxyl groups excluding tert-OH is 1. The first-order chi connectivity index (χ1) is 11.9. The number of hydrogen-bond donors (Lipinski definition) is 2. The number of piperidine rings is 1. The molecule has 1 aromatic rings. The Kier molecular flexibility index (Phi) is 5.65. The van der Waals surface area contributed by atoms with E-state index in [1.54, 1.807) is 26.8 Å². The third kappa shape index (κ3) is 5.20. The zero-order valence-electron chi connectivity index (χ0n) is 16.3. The van der Waals surface area contributed by atoms with Crippen LogP contribution in [-0.2, 0) is 14.9 Å². The number of aliphatic hydroxyl groups is 1. The number of anilines is 1. The van der Waals surface area contributed by atoms with Crippen molar-refractivity contribution in [2.24, 2.45) is 0 Å². The number of aromatic nitrogens is 1. The molecule has 1 fully saturated rings. The summed E-state index contributed by atoms with van der Waals surface area (Å²) < 4.78 is 10.6. The van der Waals surface area contributed by atoms with Gasteiger partial charge in [-0.15, -0.1) is 0 Å². The van der Waals surface area contributed by atoms with Gasteiger partial charge in [-0.3, -0.25) is 9.69 Å². The van der Waals surface area contributed by atoms with Gasteiger partial charge in [0.1, 0.15) is 17.4 Å². The van der Waals surface area contributed by atoms with Crippen molar-refractivity contribution >= 4 is 17.8 Å². The van der Waals surface area contributed by atoms with Crippen LogP contribution in [0, 0.1) is 0 Å². The first-order valence-corrected chi connectivity index (χ1v) is 8.82. The molecule has 26 heavy (non-hydrogen) atoms. The highest BCUT2D eigenvalue weighted by Crippen LogP contribution is 2.26. The molecular formula is C18H29N3O5. The normalized spacial score (nSPS) is 21.4. The van der Waals surface area contributed by atoms with E-state index in [2.05, 4.69) is 10.5 Å². The van der Waals surface area contributed by atoms with Crippen molar-refractivity contribution in [1.29, 1.82) is 0 Å². The van der Waals surface area contributed by atoms with Crippen molar-refractivity contribution in [3.63, 3.8) is 0 Å². The van der Waals surface area contributed by atoms with E-state index in [-0.39, 0.29) is 24.2 Å². The Hall–Kier alpha value is -2.09. The maximum atomic E-state index is 12.7. The first-order valence-electron chi connectivity index (χ1n) is 8.82. The molecule has 0 spiro atoms. The summed E-state index contributed by atoms with van der Waals surface area (Å²) in [7, 11) is 0. The minimum Gasteiger partial charge on any atom is -0.444 e. The molecule has 0 bridgehead atoms. The van der Waals surface area contributed by atoms with Gasteiger partial charge in [0.05, 0.1) is 6.10 Å². The molecule has 2 atom stereocenters. The molecule has 2 unspecified atom stereocenters. The average molecular weight is 367 g/mol. The van der Waals surface area contributed by atoms with Gasteiger partial charge in [0.15, 0.2) is 5.82 Å². The number of nitrogens with zero attached hydrogens (tertiary/aromatic N) is 2. The van der Waals surface area contributed by atoms with Gasteiger partial charge >= 0.3 is 6.09 Å². The second kappa shape index (κ2) is 7.26. The molecule has 2 heterocycles. The van der Waals surface area contributed by atoms with Gasteiger partial charge in [0.25, 0.3) is 0 Å². The summed E-state index contributed by atoms with van der Waals surface area (Å²) in [6, 6.07) is 0.831. The molecule has 2 amide bonds. The molecule has 2 rings (SSSR count). The summed E-state index contributed by atoms with van der Waals surface area (Å²) in [4.78, 5) is 26.5. The smallest absolute Gasteiger partial charge is 0.410 e. The van der Waals surface area contributed by atoms with Crippen LogP contribution in [0.4, 0.5) is 10.6 Å². The maximum absolute atomic E-state index is 12.7. The quantitative estimate of drug-likeness (QED) is 0.833. The molecule has 8 heteroatoms. The number of carbonyl (C=O) groups is 2. The monoisotopic (exact) mass is 367 g/mol. The maximum Gasteiger partial charge on any atom is 0.410 e. The van der Waals surface area contributed by atoms with E-state index in [1.807, 2.05) is 20.8 Å². The highest BCUT2D eigenvalue weighted by atomic mass is 16.6. The zero-order chi connectivity index (χ0) is 19.7. The number of carbonyl (C=O) groups excluding carboxylic acids is 2. The van der Waals surface area contributed by atoms with Crippen molar-refractivity contribution < 1.29 is 24.0 Å². The van der Waals surface area contributed by atoms with Crippen molar-refractivity contribution in [3.8, 4) is 0 Å². The predicted octanol–water partition coefficient (Wildman–Crippen LogP) is 2.67. The molecule has 0 aromatic carbocycles. The Morgan fingerprint density at radius 1 is 1.31 bits per heavy atom. The zero-order valence-corrected chi connectivity index (χ0v) is 16.3. The summed E-state index contributed by atoms with van der Waals surface area (Å²) in [6.07, 6.45) is -0.664. The van der Waals surface area contributed by atoms with E-state index in [1.165, 1.54) is 4.90 Å². The van der Waals surface area contributed by atoms with E-state index in [0.717, 1.165) is 0 Å². The van der Waals surface area contributed by atoms with Gasteiger partial charge in [-0.25, -0.2) is 4.79 Å². The van der Waals surface area contributed by atoms with Crippen molar-refractivity contribution in [2.75, 3.05) is 11.9 Å². The number of amides is 2. The average Bonchev–Trinajstić information content (AvgIpc) is 2.93. The Morgan fingerprint density at radius 3 is 2.50 bits per heavy atom. The summed E-state index contributed by atoms with van der Waals surface area (Å²) in [5, 5.41) is 16.5. The summed E-state index contributed by atoms with van der Waals surface area (Å²) in [5.74, 6) is 0.493. The third-order valence-electron chi connectivity index (χ3n) is 4.01. The van der Waals surface area contributed by atoms with Gasteiger partial charge < -0.3 is 19.7 Å².